The summed E-state index contributed by atoms with van der Waals surface area (Å²) < 4.78 is 0. The Morgan fingerprint density at radius 3 is 2.76 bits per heavy atom. The van der Waals surface area contributed by atoms with Gasteiger partial charge in [0, 0.05) is 47.0 Å². The van der Waals surface area contributed by atoms with Gasteiger partial charge < -0.3 is 10.0 Å². The Kier molecular flexibility index (Phi) is 5.60. The van der Waals surface area contributed by atoms with Crippen molar-refractivity contribution in [1.82, 2.24) is 25.1 Å². The molecule has 29 heavy (non-hydrogen) atoms. The molecule has 1 aliphatic heterocycles. The Bertz CT molecular complexity index is 1010. The quantitative estimate of drug-likeness (QED) is 0.687. The van der Waals surface area contributed by atoms with Crippen LogP contribution in [0.3, 0.4) is 0 Å². The summed E-state index contributed by atoms with van der Waals surface area (Å²) in [5, 5.41) is 17.7. The minimum Gasteiger partial charge on any atom is -0.387 e. The van der Waals surface area contributed by atoms with Crippen LogP contribution in [0.4, 0.5) is 0 Å². The summed E-state index contributed by atoms with van der Waals surface area (Å²) in [6.07, 6.45) is 4.85. The summed E-state index contributed by atoms with van der Waals surface area (Å²) >= 11 is 6.14. The molecule has 0 unspecified atom stereocenters. The lowest BCUT2D eigenvalue weighted by Crippen LogP contribution is -2.39. The average molecular weight is 412 g/mol. The SMILES string of the molecule is Cc1cc(Cl)ccc1-c1n[nH]c(C2CCN(C(=O)CO)CC2)c1-c1ccncn1. The smallest absolute Gasteiger partial charge is 0.248 e. The normalized spacial score (nSPS) is 14.9. The zero-order valence-electron chi connectivity index (χ0n) is 16.1. The number of likely N-dealkylation sites (tertiary alicyclic amines) is 1. The highest BCUT2D eigenvalue weighted by Crippen LogP contribution is 2.40. The number of halogens is 1. The van der Waals surface area contributed by atoms with Crippen LogP contribution < -0.4 is 0 Å². The first-order valence-corrected chi connectivity index (χ1v) is 9.96. The van der Waals surface area contributed by atoms with Crippen LogP contribution in [0, 0.1) is 6.92 Å². The van der Waals surface area contributed by atoms with Crippen LogP contribution in [0.1, 0.15) is 30.0 Å². The van der Waals surface area contributed by atoms with Crippen LogP contribution >= 0.6 is 11.6 Å². The molecule has 4 rings (SSSR count). The van der Waals surface area contributed by atoms with Crippen LogP contribution in [0.2, 0.25) is 5.02 Å². The van der Waals surface area contributed by atoms with Gasteiger partial charge in [-0.2, -0.15) is 5.10 Å². The molecule has 2 N–H and O–H groups in total. The summed E-state index contributed by atoms with van der Waals surface area (Å²) in [6, 6.07) is 7.65. The maximum atomic E-state index is 11.8. The average Bonchev–Trinajstić information content (AvgIpc) is 3.18. The van der Waals surface area contributed by atoms with Crippen molar-refractivity contribution in [2.75, 3.05) is 19.7 Å². The zero-order valence-corrected chi connectivity index (χ0v) is 16.9. The second-order valence-corrected chi connectivity index (χ2v) is 7.66. The molecule has 1 aliphatic rings. The number of benzene rings is 1. The van der Waals surface area contributed by atoms with Crippen LogP contribution in [-0.2, 0) is 4.79 Å². The molecule has 2 aromatic heterocycles. The van der Waals surface area contributed by atoms with Gasteiger partial charge in [0.15, 0.2) is 0 Å². The number of nitrogens with zero attached hydrogens (tertiary/aromatic N) is 4. The van der Waals surface area contributed by atoms with E-state index < -0.39 is 6.61 Å². The predicted octanol–water partition coefficient (Wildman–Crippen LogP) is 3.19. The first-order valence-electron chi connectivity index (χ1n) is 9.58. The van der Waals surface area contributed by atoms with Gasteiger partial charge in [-0.3, -0.25) is 9.89 Å². The number of piperidine rings is 1. The van der Waals surface area contributed by atoms with Crippen molar-refractivity contribution in [3.8, 4) is 22.5 Å². The lowest BCUT2D eigenvalue weighted by atomic mass is 9.88. The van der Waals surface area contributed by atoms with Gasteiger partial charge in [0.05, 0.1) is 5.69 Å². The Hall–Kier alpha value is -2.77. The highest BCUT2D eigenvalue weighted by atomic mass is 35.5. The molecule has 1 saturated heterocycles. The van der Waals surface area contributed by atoms with Crippen LogP contribution in [0.25, 0.3) is 22.5 Å². The maximum absolute atomic E-state index is 11.8. The molecule has 1 aromatic carbocycles. The molecule has 0 saturated carbocycles. The number of aliphatic hydroxyl groups is 1. The van der Waals surface area contributed by atoms with Gasteiger partial charge in [0.25, 0.3) is 0 Å². The van der Waals surface area contributed by atoms with Gasteiger partial charge >= 0.3 is 0 Å². The van der Waals surface area contributed by atoms with E-state index >= 15 is 0 Å². The van der Waals surface area contributed by atoms with E-state index in [1.165, 1.54) is 6.33 Å². The van der Waals surface area contributed by atoms with Crippen LogP contribution in [-0.4, -0.2) is 55.8 Å². The second-order valence-electron chi connectivity index (χ2n) is 7.23. The minimum absolute atomic E-state index is 0.219. The molecule has 3 heterocycles. The fourth-order valence-corrected chi connectivity index (χ4v) is 4.18. The third kappa shape index (κ3) is 3.88. The molecule has 0 bridgehead atoms. The topological polar surface area (TPSA) is 95.0 Å². The second kappa shape index (κ2) is 8.31. The number of aryl methyl sites for hydroxylation is 1. The van der Waals surface area contributed by atoms with Gasteiger partial charge in [-0.1, -0.05) is 17.7 Å². The van der Waals surface area contributed by atoms with E-state index in [2.05, 4.69) is 20.2 Å². The van der Waals surface area contributed by atoms with Gasteiger partial charge in [-0.05, 0) is 43.5 Å². The Labute approximate surface area is 173 Å². The Morgan fingerprint density at radius 2 is 2.10 bits per heavy atom. The lowest BCUT2D eigenvalue weighted by molar-refractivity contribution is -0.135. The molecule has 0 atom stereocenters. The Balaban J connectivity index is 1.74. The Morgan fingerprint density at radius 1 is 1.31 bits per heavy atom. The van der Waals surface area contributed by atoms with E-state index in [-0.39, 0.29) is 11.8 Å². The highest BCUT2D eigenvalue weighted by molar-refractivity contribution is 6.30. The molecule has 3 aromatic rings. The number of rotatable bonds is 4. The van der Waals surface area contributed by atoms with E-state index in [9.17, 15) is 4.79 Å². The number of aromatic nitrogens is 4. The fraction of sp³-hybridized carbons (Fsp3) is 0.333. The summed E-state index contributed by atoms with van der Waals surface area (Å²) in [4.78, 5) is 22.0. The van der Waals surface area contributed by atoms with Gasteiger partial charge in [0.1, 0.15) is 18.6 Å². The molecule has 1 fully saturated rings. The van der Waals surface area contributed by atoms with Crippen molar-refractivity contribution in [3.05, 3.63) is 53.1 Å². The number of carbonyl (C=O) groups excluding carboxylic acids is 1. The monoisotopic (exact) mass is 411 g/mol. The van der Waals surface area contributed by atoms with Gasteiger partial charge in [-0.15, -0.1) is 0 Å². The number of nitrogens with one attached hydrogen (secondary N) is 1. The number of aromatic amines is 1. The third-order valence-electron chi connectivity index (χ3n) is 5.47. The van der Waals surface area contributed by atoms with Crippen molar-refractivity contribution in [1.29, 1.82) is 0 Å². The zero-order chi connectivity index (χ0) is 20.4. The third-order valence-corrected chi connectivity index (χ3v) is 5.70. The largest absolute Gasteiger partial charge is 0.387 e. The van der Waals surface area contributed by atoms with Crippen molar-refractivity contribution in [2.45, 2.75) is 25.7 Å². The number of carbonyl (C=O) groups is 1. The van der Waals surface area contributed by atoms with Crippen LogP contribution in [0.5, 0.6) is 0 Å². The number of hydrogen-bond acceptors (Lipinski definition) is 5. The lowest BCUT2D eigenvalue weighted by Gasteiger charge is -2.31. The van der Waals surface area contributed by atoms with E-state index in [4.69, 9.17) is 16.7 Å². The first-order chi connectivity index (χ1) is 14.1. The van der Waals surface area contributed by atoms with Crippen molar-refractivity contribution in [2.24, 2.45) is 0 Å². The summed E-state index contributed by atoms with van der Waals surface area (Å²) in [5.41, 5.74) is 5.66. The van der Waals surface area contributed by atoms with Crippen LogP contribution in [0.15, 0.2) is 36.8 Å². The summed E-state index contributed by atoms with van der Waals surface area (Å²) in [6.45, 7) is 2.79. The summed E-state index contributed by atoms with van der Waals surface area (Å²) in [5.74, 6) is -0.00173. The number of amides is 1. The van der Waals surface area contributed by atoms with E-state index in [0.717, 1.165) is 46.6 Å². The molecule has 0 spiro atoms. The molecule has 150 valence electrons. The standard InChI is InChI=1S/C21H22ClN5O2/c1-13-10-15(22)2-3-16(13)21-19(17-4-7-23-12-24-17)20(25-26-21)14-5-8-27(9-6-14)18(29)11-28/h2-4,7,10,12,14,28H,5-6,8-9,11H2,1H3,(H,25,26). The molecule has 0 radical (unpaired) electrons. The first kappa shape index (κ1) is 19.5. The molecule has 7 nitrogen and oxygen atoms in total. The predicted molar refractivity (Wildman–Crippen MR) is 110 cm³/mol. The minimum atomic E-state index is -0.444. The molecule has 1 amide bonds. The number of aliphatic hydroxyl groups excluding tert-OH is 1. The van der Waals surface area contributed by atoms with Crippen molar-refractivity contribution in [3.63, 3.8) is 0 Å². The fourth-order valence-electron chi connectivity index (χ4n) is 3.95. The molecular formula is C21H22ClN5O2. The van der Waals surface area contributed by atoms with Gasteiger partial charge in [-0.25, -0.2) is 9.97 Å². The van der Waals surface area contributed by atoms with Gasteiger partial charge in [0.2, 0.25) is 5.91 Å². The van der Waals surface area contributed by atoms with E-state index in [0.29, 0.717) is 18.1 Å². The number of H-pyrrole nitrogens is 1. The van der Waals surface area contributed by atoms with E-state index in [1.807, 2.05) is 31.2 Å². The molecular weight excluding hydrogens is 390 g/mol. The molecule has 8 heteroatoms. The maximum Gasteiger partial charge on any atom is 0.248 e. The highest BCUT2D eigenvalue weighted by Gasteiger charge is 2.29. The molecule has 0 aliphatic carbocycles. The van der Waals surface area contributed by atoms with Crippen molar-refractivity contribution < 1.29 is 9.90 Å². The van der Waals surface area contributed by atoms with E-state index in [1.54, 1.807) is 11.1 Å². The number of hydrogen-bond donors (Lipinski definition) is 2. The van der Waals surface area contributed by atoms with Crippen molar-refractivity contribution >= 4 is 17.5 Å². The summed E-state index contributed by atoms with van der Waals surface area (Å²) in [7, 11) is 0.